The van der Waals surface area contributed by atoms with Gasteiger partial charge in [0.1, 0.15) is 11.4 Å². The van der Waals surface area contributed by atoms with E-state index in [0.29, 0.717) is 17.1 Å². The molecule has 0 radical (unpaired) electrons. The van der Waals surface area contributed by atoms with Gasteiger partial charge in [-0.3, -0.25) is 0 Å². The van der Waals surface area contributed by atoms with Gasteiger partial charge in [0.25, 0.3) is 0 Å². The second-order valence-corrected chi connectivity index (χ2v) is 4.68. The van der Waals surface area contributed by atoms with E-state index < -0.39 is 0 Å². The third kappa shape index (κ3) is 2.30. The van der Waals surface area contributed by atoms with Crippen molar-refractivity contribution in [3.05, 3.63) is 45.8 Å². The second-order valence-electron chi connectivity index (χ2n) is 4.68. The lowest BCUT2D eigenvalue weighted by Crippen LogP contribution is -1.89. The fourth-order valence-corrected chi connectivity index (χ4v) is 2.13. The van der Waals surface area contributed by atoms with Crippen molar-refractivity contribution in [3.63, 3.8) is 0 Å². The molecular formula is C15H18N2O. The molecule has 0 amide bonds. The van der Waals surface area contributed by atoms with Gasteiger partial charge in [-0.25, -0.2) is 0 Å². The highest BCUT2D eigenvalue weighted by Gasteiger charge is 2.06. The van der Waals surface area contributed by atoms with Crippen LogP contribution >= 0.6 is 0 Å². The number of benzene rings is 1. The summed E-state index contributed by atoms with van der Waals surface area (Å²) in [5, 5.41) is 3.92. The molecule has 0 aliphatic heterocycles. The fourth-order valence-electron chi connectivity index (χ4n) is 2.13. The second kappa shape index (κ2) is 4.69. The van der Waals surface area contributed by atoms with Crippen molar-refractivity contribution in [2.24, 2.45) is 0 Å². The molecule has 0 unspecified atom stereocenters. The van der Waals surface area contributed by atoms with E-state index in [2.05, 4.69) is 38.1 Å². The molecule has 0 spiro atoms. The fraction of sp³-hybridized carbons (Fsp3) is 0.267. The Balaban J connectivity index is 2.38. The van der Waals surface area contributed by atoms with Crippen LogP contribution in [0.1, 0.15) is 33.7 Å². The number of nitrogen functional groups attached to an aromatic ring is 1. The predicted molar refractivity (Wildman–Crippen MR) is 75.2 cm³/mol. The van der Waals surface area contributed by atoms with Gasteiger partial charge in [-0.15, -0.1) is 0 Å². The first-order chi connectivity index (χ1) is 8.49. The number of nitrogens with zero attached hydrogens (tertiary/aromatic N) is 1. The summed E-state index contributed by atoms with van der Waals surface area (Å²) >= 11 is 0. The highest BCUT2D eigenvalue weighted by Crippen LogP contribution is 2.21. The van der Waals surface area contributed by atoms with E-state index in [4.69, 9.17) is 10.3 Å². The largest absolute Gasteiger partial charge is 0.394 e. The number of hydrogen-bond donors (Lipinski definition) is 1. The van der Waals surface area contributed by atoms with Crippen molar-refractivity contribution in [2.75, 3.05) is 5.73 Å². The van der Waals surface area contributed by atoms with Crippen LogP contribution < -0.4 is 5.73 Å². The molecule has 0 saturated heterocycles. The minimum Gasteiger partial charge on any atom is -0.394 e. The van der Waals surface area contributed by atoms with Crippen molar-refractivity contribution < 1.29 is 4.52 Å². The van der Waals surface area contributed by atoms with Gasteiger partial charge in [0.05, 0.1) is 0 Å². The summed E-state index contributed by atoms with van der Waals surface area (Å²) in [7, 11) is 0. The molecule has 2 N–H and O–H groups in total. The van der Waals surface area contributed by atoms with E-state index in [9.17, 15) is 0 Å². The molecular weight excluding hydrogens is 224 g/mol. The van der Waals surface area contributed by atoms with Crippen LogP contribution in [0.5, 0.6) is 0 Å². The Kier molecular flexibility index (Phi) is 3.24. The number of anilines is 1. The van der Waals surface area contributed by atoms with Crippen LogP contribution in [0.2, 0.25) is 0 Å². The Morgan fingerprint density at radius 3 is 2.17 bits per heavy atom. The lowest BCUT2D eigenvalue weighted by Gasteiger charge is -2.06. The molecule has 0 aliphatic carbocycles. The molecule has 0 aliphatic rings. The summed E-state index contributed by atoms with van der Waals surface area (Å²) in [6.45, 7) is 8.13. The number of nitrogens with two attached hydrogens (primary N) is 1. The summed E-state index contributed by atoms with van der Waals surface area (Å²) in [5.74, 6) is 0.659. The Bertz CT molecular complexity index is 586. The Hall–Kier alpha value is -2.03. The summed E-state index contributed by atoms with van der Waals surface area (Å²) in [5.41, 5.74) is 12.1. The van der Waals surface area contributed by atoms with Crippen LogP contribution in [-0.4, -0.2) is 5.16 Å². The highest BCUT2D eigenvalue weighted by molar-refractivity contribution is 5.76. The Morgan fingerprint density at radius 1 is 1.06 bits per heavy atom. The van der Waals surface area contributed by atoms with E-state index in [0.717, 1.165) is 0 Å². The SMILES string of the molecule is Cc1cc(C)c(/C=C/c2noc(C)c2N)c(C)c1. The molecule has 0 bridgehead atoms. The van der Waals surface area contributed by atoms with E-state index in [1.165, 1.54) is 22.3 Å². The Labute approximate surface area is 107 Å². The van der Waals surface area contributed by atoms with Crippen molar-refractivity contribution >= 4 is 17.8 Å². The lowest BCUT2D eigenvalue weighted by molar-refractivity contribution is 0.397. The van der Waals surface area contributed by atoms with Crippen LogP contribution in [0.3, 0.4) is 0 Å². The topological polar surface area (TPSA) is 52.0 Å². The molecule has 1 aromatic heterocycles. The zero-order valence-corrected chi connectivity index (χ0v) is 11.2. The normalized spacial score (nSPS) is 11.3. The number of hydrogen-bond acceptors (Lipinski definition) is 3. The van der Waals surface area contributed by atoms with Crippen LogP contribution in [0.15, 0.2) is 16.7 Å². The maximum atomic E-state index is 5.86. The summed E-state index contributed by atoms with van der Waals surface area (Å²) in [4.78, 5) is 0. The lowest BCUT2D eigenvalue weighted by atomic mass is 9.99. The summed E-state index contributed by atoms with van der Waals surface area (Å²) in [6.07, 6.45) is 3.94. The maximum Gasteiger partial charge on any atom is 0.157 e. The molecule has 3 heteroatoms. The molecule has 2 rings (SSSR count). The van der Waals surface area contributed by atoms with Gasteiger partial charge in [-0.1, -0.05) is 28.9 Å². The molecule has 0 saturated carbocycles. The minimum absolute atomic E-state index is 0.605. The van der Waals surface area contributed by atoms with Gasteiger partial charge < -0.3 is 10.3 Å². The van der Waals surface area contributed by atoms with Gasteiger partial charge in [0.2, 0.25) is 0 Å². The summed E-state index contributed by atoms with van der Waals surface area (Å²) in [6, 6.07) is 4.34. The number of aryl methyl sites for hydroxylation is 4. The molecule has 94 valence electrons. The van der Waals surface area contributed by atoms with Crippen LogP contribution in [0.4, 0.5) is 5.69 Å². The van der Waals surface area contributed by atoms with Gasteiger partial charge in [-0.05, 0) is 50.5 Å². The van der Waals surface area contributed by atoms with Crippen molar-refractivity contribution in [1.82, 2.24) is 5.16 Å². The molecule has 3 nitrogen and oxygen atoms in total. The smallest absolute Gasteiger partial charge is 0.157 e. The van der Waals surface area contributed by atoms with Crippen LogP contribution in [-0.2, 0) is 0 Å². The molecule has 18 heavy (non-hydrogen) atoms. The van der Waals surface area contributed by atoms with E-state index in [1.807, 2.05) is 19.1 Å². The zero-order chi connectivity index (χ0) is 13.3. The average Bonchev–Trinajstić information content (AvgIpc) is 2.59. The molecule has 0 atom stereocenters. The van der Waals surface area contributed by atoms with Crippen molar-refractivity contribution in [1.29, 1.82) is 0 Å². The van der Waals surface area contributed by atoms with Crippen LogP contribution in [0, 0.1) is 27.7 Å². The van der Waals surface area contributed by atoms with Crippen molar-refractivity contribution in [2.45, 2.75) is 27.7 Å². The number of rotatable bonds is 2. The molecule has 1 aromatic carbocycles. The first kappa shape index (κ1) is 12.4. The minimum atomic E-state index is 0.605. The van der Waals surface area contributed by atoms with Gasteiger partial charge in [0, 0.05) is 0 Å². The highest BCUT2D eigenvalue weighted by atomic mass is 16.5. The monoisotopic (exact) mass is 242 g/mol. The molecule has 2 aromatic rings. The zero-order valence-electron chi connectivity index (χ0n) is 11.2. The third-order valence-corrected chi connectivity index (χ3v) is 3.08. The van der Waals surface area contributed by atoms with Crippen LogP contribution in [0.25, 0.3) is 12.2 Å². The van der Waals surface area contributed by atoms with E-state index >= 15 is 0 Å². The van der Waals surface area contributed by atoms with Gasteiger partial charge in [-0.2, -0.15) is 0 Å². The quantitative estimate of drug-likeness (QED) is 0.874. The average molecular weight is 242 g/mol. The van der Waals surface area contributed by atoms with Gasteiger partial charge in [0.15, 0.2) is 5.76 Å². The van der Waals surface area contributed by atoms with E-state index in [1.54, 1.807) is 0 Å². The summed E-state index contributed by atoms with van der Waals surface area (Å²) < 4.78 is 5.04. The molecule has 1 heterocycles. The molecule has 0 fully saturated rings. The first-order valence-corrected chi connectivity index (χ1v) is 5.96. The first-order valence-electron chi connectivity index (χ1n) is 5.96. The third-order valence-electron chi connectivity index (χ3n) is 3.08. The predicted octanol–water partition coefficient (Wildman–Crippen LogP) is 3.66. The standard InChI is InChI=1S/C15H18N2O/c1-9-7-10(2)13(11(3)8-9)5-6-14-15(16)12(4)18-17-14/h5-8H,16H2,1-4H3/b6-5+. The van der Waals surface area contributed by atoms with E-state index in [-0.39, 0.29) is 0 Å². The van der Waals surface area contributed by atoms with Crippen molar-refractivity contribution in [3.8, 4) is 0 Å². The maximum absolute atomic E-state index is 5.86. The Morgan fingerprint density at radius 2 is 1.67 bits per heavy atom. The number of aromatic nitrogens is 1. The van der Waals surface area contributed by atoms with Gasteiger partial charge >= 0.3 is 0 Å².